The number of hydrogen-bond acceptors (Lipinski definition) is 7. The molecule has 0 atom stereocenters. The van der Waals surface area contributed by atoms with Gasteiger partial charge in [-0.3, -0.25) is 20.2 Å². The fraction of sp³-hybridized carbons (Fsp3) is 0.0667. The molecule has 0 bridgehead atoms. The zero-order valence-electron chi connectivity index (χ0n) is 12.4. The summed E-state index contributed by atoms with van der Waals surface area (Å²) < 4.78 is 38.0. The van der Waals surface area contributed by atoms with Gasteiger partial charge in [-0.15, -0.1) is 0 Å². The van der Waals surface area contributed by atoms with Gasteiger partial charge in [0.15, 0.2) is 0 Å². The van der Waals surface area contributed by atoms with Crippen LogP contribution in [0.4, 0.5) is 30.2 Å². The normalized spacial score (nSPS) is 8.93. The van der Waals surface area contributed by atoms with Crippen LogP contribution in [0.5, 0.6) is 0 Å². The number of anilines is 1. The van der Waals surface area contributed by atoms with E-state index in [1.54, 1.807) is 0 Å². The highest BCUT2D eigenvalue weighted by molar-refractivity contribution is 5.61. The molecule has 9 nitrogen and oxygen atoms in total. The van der Waals surface area contributed by atoms with Gasteiger partial charge in [-0.2, -0.15) is 14.9 Å². The number of nitro benzene ring substituents is 2. The SMILES string of the molecule is C.N#Cc1cc([N+](=O)[O-])c(F)cc1F.N#Cc1cc([N+](=O)[O-])c(N)cc1F. The lowest BCUT2D eigenvalue weighted by atomic mass is 10.2. The monoisotopic (exact) mass is 381 g/mol. The summed E-state index contributed by atoms with van der Waals surface area (Å²) in [7, 11) is 0. The molecular weight excluding hydrogens is 371 g/mol. The van der Waals surface area contributed by atoms with Gasteiger partial charge in [0.25, 0.3) is 5.69 Å². The number of hydrogen-bond donors (Lipinski definition) is 1. The number of benzene rings is 2. The van der Waals surface area contributed by atoms with Crippen molar-refractivity contribution in [3.05, 3.63) is 73.1 Å². The number of nitrogens with two attached hydrogens (primary N) is 1. The molecule has 0 radical (unpaired) electrons. The zero-order chi connectivity index (χ0) is 20.0. The molecule has 140 valence electrons. The Hall–Kier alpha value is -4.19. The molecule has 2 rings (SSSR count). The summed E-state index contributed by atoms with van der Waals surface area (Å²) in [6, 6.07) is 5.30. The van der Waals surface area contributed by atoms with Crippen LogP contribution in [0.15, 0.2) is 24.3 Å². The Balaban J connectivity index is 0.000000483. The minimum atomic E-state index is -1.29. The summed E-state index contributed by atoms with van der Waals surface area (Å²) in [5, 5.41) is 37.1. The quantitative estimate of drug-likeness (QED) is 0.472. The summed E-state index contributed by atoms with van der Waals surface area (Å²) in [5.41, 5.74) is 2.56. The van der Waals surface area contributed by atoms with Crippen LogP contribution >= 0.6 is 0 Å². The number of nitriles is 2. The minimum Gasteiger partial charge on any atom is -0.393 e. The second-order valence-corrected chi connectivity index (χ2v) is 4.41. The average molecular weight is 381 g/mol. The molecule has 2 aromatic rings. The van der Waals surface area contributed by atoms with Gasteiger partial charge in [-0.05, 0) is 0 Å². The van der Waals surface area contributed by atoms with E-state index in [1.165, 1.54) is 12.1 Å². The van der Waals surface area contributed by atoms with Crippen molar-refractivity contribution >= 4 is 17.1 Å². The van der Waals surface area contributed by atoms with Gasteiger partial charge in [0.2, 0.25) is 5.82 Å². The largest absolute Gasteiger partial charge is 0.393 e. The number of nitrogen functional groups attached to an aromatic ring is 1. The molecule has 0 aliphatic carbocycles. The van der Waals surface area contributed by atoms with Crippen molar-refractivity contribution in [1.82, 2.24) is 0 Å². The first-order valence-corrected chi connectivity index (χ1v) is 6.29. The van der Waals surface area contributed by atoms with Crippen molar-refractivity contribution in [1.29, 1.82) is 10.5 Å². The molecule has 27 heavy (non-hydrogen) atoms. The van der Waals surface area contributed by atoms with Gasteiger partial charge >= 0.3 is 5.69 Å². The highest BCUT2D eigenvalue weighted by atomic mass is 19.1. The number of nitrogens with zero attached hydrogens (tertiary/aromatic N) is 4. The Kier molecular flexibility index (Phi) is 7.89. The van der Waals surface area contributed by atoms with E-state index in [0.717, 1.165) is 12.1 Å². The van der Waals surface area contributed by atoms with E-state index in [9.17, 15) is 33.4 Å². The lowest BCUT2D eigenvalue weighted by molar-refractivity contribution is -0.387. The third-order valence-corrected chi connectivity index (χ3v) is 2.79. The van der Waals surface area contributed by atoms with E-state index < -0.39 is 44.2 Å². The van der Waals surface area contributed by atoms with E-state index in [-0.39, 0.29) is 18.7 Å². The maximum absolute atomic E-state index is 12.8. The van der Waals surface area contributed by atoms with Crippen LogP contribution in [0.2, 0.25) is 0 Å². The molecule has 0 unspecified atom stereocenters. The van der Waals surface area contributed by atoms with Crippen molar-refractivity contribution < 1.29 is 23.0 Å². The molecule has 0 aromatic heterocycles. The summed E-state index contributed by atoms with van der Waals surface area (Å²) in [6.07, 6.45) is 0. The molecule has 0 aliphatic rings. The smallest absolute Gasteiger partial charge is 0.306 e. The molecule has 0 fully saturated rings. The Morgan fingerprint density at radius 2 is 1.22 bits per heavy atom. The standard InChI is InChI=1S/C7H2F2N2O2.C7H4FN3O2.CH4/c8-5-2-6(9)7(11(12)13)1-4(5)3-10;8-5-2-6(10)7(11(12)13)1-4(5)3-9;/h1-2H;1-2H,10H2;1H4. The van der Waals surface area contributed by atoms with Crippen molar-refractivity contribution in [3.8, 4) is 12.1 Å². The third-order valence-electron chi connectivity index (χ3n) is 2.79. The Morgan fingerprint density at radius 1 is 0.815 bits per heavy atom. The van der Waals surface area contributed by atoms with Crippen molar-refractivity contribution in [2.45, 2.75) is 7.43 Å². The van der Waals surface area contributed by atoms with Crippen molar-refractivity contribution in [3.63, 3.8) is 0 Å². The Labute approximate surface area is 150 Å². The van der Waals surface area contributed by atoms with Crippen molar-refractivity contribution in [2.24, 2.45) is 0 Å². The molecule has 0 amide bonds. The van der Waals surface area contributed by atoms with E-state index >= 15 is 0 Å². The summed E-state index contributed by atoms with van der Waals surface area (Å²) >= 11 is 0. The van der Waals surface area contributed by atoms with Gasteiger partial charge in [0.05, 0.1) is 21.0 Å². The van der Waals surface area contributed by atoms with E-state index in [1.807, 2.05) is 0 Å². The molecule has 0 saturated heterocycles. The summed E-state index contributed by atoms with van der Waals surface area (Å²) in [5.74, 6) is -3.25. The maximum Gasteiger partial charge on any atom is 0.306 e. The number of halogens is 3. The molecule has 2 aromatic carbocycles. The first-order chi connectivity index (χ1) is 12.1. The Morgan fingerprint density at radius 3 is 1.63 bits per heavy atom. The van der Waals surface area contributed by atoms with Crippen LogP contribution in [0.3, 0.4) is 0 Å². The molecule has 12 heteroatoms. The van der Waals surface area contributed by atoms with Gasteiger partial charge < -0.3 is 5.73 Å². The molecular formula is C15H10F3N5O4. The second kappa shape index (κ2) is 9.33. The number of rotatable bonds is 2. The fourth-order valence-electron chi connectivity index (χ4n) is 1.58. The van der Waals surface area contributed by atoms with Gasteiger partial charge in [0, 0.05) is 24.3 Å². The highest BCUT2D eigenvalue weighted by Crippen LogP contribution is 2.24. The zero-order valence-corrected chi connectivity index (χ0v) is 12.4. The van der Waals surface area contributed by atoms with Gasteiger partial charge in [-0.25, -0.2) is 8.78 Å². The lowest BCUT2D eigenvalue weighted by Crippen LogP contribution is -1.98. The van der Waals surface area contributed by atoms with Crippen LogP contribution < -0.4 is 5.73 Å². The van der Waals surface area contributed by atoms with Crippen LogP contribution in [0.25, 0.3) is 0 Å². The van der Waals surface area contributed by atoms with Gasteiger partial charge in [0.1, 0.15) is 29.5 Å². The molecule has 0 spiro atoms. The maximum atomic E-state index is 12.8. The van der Waals surface area contributed by atoms with Crippen LogP contribution in [-0.2, 0) is 0 Å². The van der Waals surface area contributed by atoms with Gasteiger partial charge in [-0.1, -0.05) is 7.43 Å². The average Bonchev–Trinajstić information content (AvgIpc) is 2.55. The van der Waals surface area contributed by atoms with Crippen molar-refractivity contribution in [2.75, 3.05) is 5.73 Å². The van der Waals surface area contributed by atoms with E-state index in [2.05, 4.69) is 0 Å². The highest BCUT2D eigenvalue weighted by Gasteiger charge is 2.18. The minimum absolute atomic E-state index is 0. The molecule has 0 heterocycles. The first-order valence-electron chi connectivity index (χ1n) is 6.29. The van der Waals surface area contributed by atoms with Crippen LogP contribution in [0.1, 0.15) is 18.6 Å². The third kappa shape index (κ3) is 5.40. The fourth-order valence-corrected chi connectivity index (χ4v) is 1.58. The van der Waals surface area contributed by atoms with Crippen LogP contribution in [-0.4, -0.2) is 9.85 Å². The molecule has 0 saturated carbocycles. The summed E-state index contributed by atoms with van der Waals surface area (Å²) in [6.45, 7) is 0. The lowest BCUT2D eigenvalue weighted by Gasteiger charge is -1.97. The predicted molar refractivity (Wildman–Crippen MR) is 86.6 cm³/mol. The van der Waals surface area contributed by atoms with E-state index in [0.29, 0.717) is 12.1 Å². The van der Waals surface area contributed by atoms with Crippen LogP contribution in [0, 0.1) is 60.3 Å². The summed E-state index contributed by atoms with van der Waals surface area (Å²) in [4.78, 5) is 18.6. The second-order valence-electron chi connectivity index (χ2n) is 4.41. The Bertz CT molecular complexity index is 903. The molecule has 2 N–H and O–H groups in total. The topological polar surface area (TPSA) is 160 Å². The predicted octanol–water partition coefficient (Wildman–Crippen LogP) is 3.57. The molecule has 0 aliphatic heterocycles. The van der Waals surface area contributed by atoms with E-state index in [4.69, 9.17) is 16.3 Å². The first kappa shape index (κ1) is 22.8. The number of nitro groups is 2.